The van der Waals surface area contributed by atoms with Gasteiger partial charge in [-0.1, -0.05) is 32.0 Å². The number of hydrogen-bond acceptors (Lipinski definition) is 6. The first-order valence-corrected chi connectivity index (χ1v) is 11.3. The minimum absolute atomic E-state index is 0.0712. The Labute approximate surface area is 167 Å². The number of thiophene rings is 1. The molecule has 6 nitrogen and oxygen atoms in total. The van der Waals surface area contributed by atoms with Crippen LogP contribution in [0.2, 0.25) is 0 Å². The summed E-state index contributed by atoms with van der Waals surface area (Å²) >= 11 is 2.82. The number of nitrogens with zero attached hydrogens (tertiary/aromatic N) is 1. The number of ether oxygens (including phenoxy) is 1. The highest BCUT2D eigenvalue weighted by Crippen LogP contribution is 2.30. The van der Waals surface area contributed by atoms with Crippen molar-refractivity contribution in [2.75, 3.05) is 18.9 Å². The number of nitrogens with one attached hydrogen (secondary N) is 2. The third-order valence-electron chi connectivity index (χ3n) is 4.98. The topological polar surface area (TPSA) is 84.1 Å². The number of H-pyrrole nitrogens is 1. The minimum atomic E-state index is -0.107. The molecule has 3 heterocycles. The zero-order valence-electron chi connectivity index (χ0n) is 16.1. The molecule has 0 spiro atoms. The monoisotopic (exact) mass is 409 g/mol. The van der Waals surface area contributed by atoms with Crippen molar-refractivity contribution in [1.29, 1.82) is 0 Å². The van der Waals surface area contributed by atoms with Crippen LogP contribution in [0.3, 0.4) is 0 Å². The largest absolute Gasteiger partial charge is 0.376 e. The normalized spacial score (nSPS) is 18.1. The van der Waals surface area contributed by atoms with E-state index in [4.69, 9.17) is 4.74 Å². The van der Waals surface area contributed by atoms with Crippen LogP contribution in [0, 0.1) is 12.8 Å². The number of amides is 1. The first-order valence-electron chi connectivity index (χ1n) is 9.51. The second-order valence-corrected chi connectivity index (χ2v) is 9.30. The molecule has 0 unspecified atom stereocenters. The van der Waals surface area contributed by atoms with Gasteiger partial charge in [0.15, 0.2) is 5.16 Å². The van der Waals surface area contributed by atoms with E-state index in [1.807, 2.05) is 0 Å². The summed E-state index contributed by atoms with van der Waals surface area (Å²) in [4.78, 5) is 34.0. The van der Waals surface area contributed by atoms with Crippen LogP contribution in [0.25, 0.3) is 10.2 Å². The molecule has 0 bridgehead atoms. The lowest BCUT2D eigenvalue weighted by Gasteiger charge is -2.10. The zero-order chi connectivity index (χ0) is 19.4. The van der Waals surface area contributed by atoms with Gasteiger partial charge in [-0.3, -0.25) is 9.59 Å². The highest BCUT2D eigenvalue weighted by atomic mass is 32.2. The number of carbonyl (C=O) groups is 1. The van der Waals surface area contributed by atoms with E-state index in [1.54, 1.807) is 11.3 Å². The Morgan fingerprint density at radius 2 is 2.33 bits per heavy atom. The molecule has 148 valence electrons. The maximum atomic E-state index is 12.6. The lowest BCUT2D eigenvalue weighted by molar-refractivity contribution is -0.119. The van der Waals surface area contributed by atoms with Gasteiger partial charge < -0.3 is 15.0 Å². The van der Waals surface area contributed by atoms with Gasteiger partial charge in [0.25, 0.3) is 5.56 Å². The van der Waals surface area contributed by atoms with Gasteiger partial charge in [0, 0.05) is 18.0 Å². The molecule has 27 heavy (non-hydrogen) atoms. The number of aromatic amines is 1. The van der Waals surface area contributed by atoms with Gasteiger partial charge in [0.1, 0.15) is 4.83 Å². The van der Waals surface area contributed by atoms with Crippen LogP contribution >= 0.6 is 23.1 Å². The fourth-order valence-corrected chi connectivity index (χ4v) is 4.98. The summed E-state index contributed by atoms with van der Waals surface area (Å²) in [6, 6.07) is 0. The van der Waals surface area contributed by atoms with Gasteiger partial charge in [0.2, 0.25) is 5.91 Å². The van der Waals surface area contributed by atoms with E-state index in [9.17, 15) is 9.59 Å². The van der Waals surface area contributed by atoms with E-state index in [-0.39, 0.29) is 23.3 Å². The molecule has 2 atom stereocenters. The molecule has 1 fully saturated rings. The molecule has 0 saturated carbocycles. The van der Waals surface area contributed by atoms with E-state index in [0.29, 0.717) is 23.0 Å². The number of aryl methyl sites for hydroxylation is 1. The number of thioether (sulfide) groups is 1. The van der Waals surface area contributed by atoms with Crippen LogP contribution in [-0.2, 0) is 16.0 Å². The smallest absolute Gasteiger partial charge is 0.260 e. The Morgan fingerprint density at radius 3 is 3.04 bits per heavy atom. The van der Waals surface area contributed by atoms with Crippen LogP contribution in [0.5, 0.6) is 0 Å². The predicted molar refractivity (Wildman–Crippen MR) is 111 cm³/mol. The number of carbonyl (C=O) groups excluding carboxylic acids is 1. The van der Waals surface area contributed by atoms with Crippen LogP contribution < -0.4 is 10.9 Å². The summed E-state index contributed by atoms with van der Waals surface area (Å²) in [6.45, 7) is 7.74. The molecule has 1 aliphatic heterocycles. The summed E-state index contributed by atoms with van der Waals surface area (Å²) in [5.74, 6) is 0.686. The quantitative estimate of drug-likeness (QED) is 0.516. The Balaban J connectivity index is 1.65. The Kier molecular flexibility index (Phi) is 6.94. The lowest BCUT2D eigenvalue weighted by Crippen LogP contribution is -2.33. The highest BCUT2D eigenvalue weighted by molar-refractivity contribution is 7.99. The first kappa shape index (κ1) is 20.4. The van der Waals surface area contributed by atoms with Gasteiger partial charge in [-0.15, -0.1) is 11.3 Å². The summed E-state index contributed by atoms with van der Waals surface area (Å²) < 4.78 is 5.50. The molecule has 0 aromatic carbocycles. The predicted octanol–water partition coefficient (Wildman–Crippen LogP) is 3.27. The van der Waals surface area contributed by atoms with Crippen LogP contribution in [0.15, 0.2) is 9.95 Å². The molecule has 0 aliphatic carbocycles. The van der Waals surface area contributed by atoms with Crippen molar-refractivity contribution in [2.45, 2.75) is 57.7 Å². The summed E-state index contributed by atoms with van der Waals surface area (Å²) in [5.41, 5.74) is 1.01. The highest BCUT2D eigenvalue weighted by Gasteiger charge is 2.18. The number of hydrogen-bond donors (Lipinski definition) is 2. The van der Waals surface area contributed by atoms with Crippen molar-refractivity contribution in [3.05, 3.63) is 20.8 Å². The lowest BCUT2D eigenvalue weighted by atomic mass is 9.98. The summed E-state index contributed by atoms with van der Waals surface area (Å²) in [7, 11) is 0. The Bertz CT molecular complexity index is 856. The molecular formula is C19H27N3O3S2. The van der Waals surface area contributed by atoms with Crippen LogP contribution in [0.4, 0.5) is 0 Å². The van der Waals surface area contributed by atoms with Gasteiger partial charge >= 0.3 is 0 Å². The van der Waals surface area contributed by atoms with Crippen LogP contribution in [-0.4, -0.2) is 40.9 Å². The molecule has 8 heteroatoms. The molecular weight excluding hydrogens is 382 g/mol. The van der Waals surface area contributed by atoms with E-state index < -0.39 is 0 Å². The standard InChI is InChI=1S/C19H27N3O3S2/c1-4-11(2)8-14-12(3)27-18-16(14)17(24)21-19(22-18)26-10-15(23)20-9-13-6-5-7-25-13/h11,13H,4-10H2,1-3H3,(H,20,23)(H,21,22,24)/t11-,13-/m1/s1. The second-order valence-electron chi connectivity index (χ2n) is 7.13. The van der Waals surface area contributed by atoms with Crippen molar-refractivity contribution < 1.29 is 9.53 Å². The fraction of sp³-hybridized carbons (Fsp3) is 0.632. The molecule has 2 aromatic rings. The number of fused-ring (bicyclic) bond motifs is 1. The average Bonchev–Trinajstić information content (AvgIpc) is 3.26. The molecule has 0 radical (unpaired) electrons. The molecule has 1 aliphatic rings. The number of aromatic nitrogens is 2. The third kappa shape index (κ3) is 5.12. The first-order chi connectivity index (χ1) is 13.0. The van der Waals surface area contributed by atoms with E-state index in [0.717, 1.165) is 47.6 Å². The molecule has 1 amide bonds. The molecule has 3 rings (SSSR count). The summed E-state index contributed by atoms with van der Waals surface area (Å²) in [5, 5.41) is 4.10. The van der Waals surface area contributed by atoms with Gasteiger partial charge in [-0.05, 0) is 37.7 Å². The molecule has 1 saturated heterocycles. The van der Waals surface area contributed by atoms with Crippen molar-refractivity contribution in [2.24, 2.45) is 5.92 Å². The number of rotatable bonds is 8. The van der Waals surface area contributed by atoms with Crippen molar-refractivity contribution in [1.82, 2.24) is 15.3 Å². The van der Waals surface area contributed by atoms with Crippen LogP contribution in [0.1, 0.15) is 43.6 Å². The maximum Gasteiger partial charge on any atom is 0.260 e. The van der Waals surface area contributed by atoms with Crippen molar-refractivity contribution in [3.8, 4) is 0 Å². The maximum absolute atomic E-state index is 12.6. The molecule has 2 aromatic heterocycles. The van der Waals surface area contributed by atoms with Gasteiger partial charge in [0.05, 0.1) is 17.2 Å². The van der Waals surface area contributed by atoms with Crippen molar-refractivity contribution in [3.63, 3.8) is 0 Å². The second kappa shape index (κ2) is 9.21. The molecule has 2 N–H and O–H groups in total. The Hall–Kier alpha value is -1.38. The zero-order valence-corrected chi connectivity index (χ0v) is 17.7. The SMILES string of the molecule is CC[C@@H](C)Cc1c(C)sc2nc(SCC(=O)NC[C@H]3CCCO3)[nH]c(=O)c12. The van der Waals surface area contributed by atoms with E-state index >= 15 is 0 Å². The third-order valence-corrected chi connectivity index (χ3v) is 6.90. The van der Waals surface area contributed by atoms with Crippen molar-refractivity contribution >= 4 is 39.2 Å². The fourth-order valence-electron chi connectivity index (χ4n) is 3.18. The summed E-state index contributed by atoms with van der Waals surface area (Å²) in [6.07, 6.45) is 4.16. The van der Waals surface area contributed by atoms with E-state index in [1.165, 1.54) is 11.8 Å². The van der Waals surface area contributed by atoms with E-state index in [2.05, 4.69) is 36.1 Å². The van der Waals surface area contributed by atoms with Gasteiger partial charge in [-0.2, -0.15) is 0 Å². The minimum Gasteiger partial charge on any atom is -0.376 e. The average molecular weight is 410 g/mol. The Morgan fingerprint density at radius 1 is 1.52 bits per heavy atom. The van der Waals surface area contributed by atoms with Gasteiger partial charge in [-0.25, -0.2) is 4.98 Å².